The van der Waals surface area contributed by atoms with Gasteiger partial charge in [0.15, 0.2) is 0 Å². The standard InChI is InChI=1S/C22H33N3O3.C22H33N3O2S/c1-22(2,3)28-21(27)25-14-10-17(11-15-25)16-8-12-24(13-9-16)19-6-4-18(5-7-19)20(23)26;1-22(2,3)27-21(26)25-14-10-17(11-15-25)16-8-12-24(13-9-16)19-6-4-18(5-7-19)20(23)28/h4-7,16-17H,8-15H2,1-3H3,(H2,23,26);4-7,16-17H,8-15H2,1-3H3,(H2,23,28). The number of rotatable bonds is 6. The number of carbonyl (C=O) groups excluding carboxylic acids is 3. The fraction of sp³-hybridized carbons (Fsp3) is 0.636. The summed E-state index contributed by atoms with van der Waals surface area (Å²) in [4.78, 5) is 44.7. The highest BCUT2D eigenvalue weighted by molar-refractivity contribution is 7.80. The summed E-state index contributed by atoms with van der Waals surface area (Å²) < 4.78 is 11.0. The predicted octanol–water partition coefficient (Wildman–Crippen LogP) is 7.83. The largest absolute Gasteiger partial charge is 0.444 e. The van der Waals surface area contributed by atoms with Gasteiger partial charge in [-0.2, -0.15) is 0 Å². The minimum Gasteiger partial charge on any atom is -0.444 e. The molecule has 6 rings (SSSR count). The van der Waals surface area contributed by atoms with Gasteiger partial charge in [0.25, 0.3) is 0 Å². The lowest BCUT2D eigenvalue weighted by Gasteiger charge is -2.41. The molecule has 4 aliphatic rings. The van der Waals surface area contributed by atoms with Crippen molar-refractivity contribution in [3.63, 3.8) is 0 Å². The van der Waals surface area contributed by atoms with Crippen LogP contribution in [-0.4, -0.2) is 96.4 Å². The maximum Gasteiger partial charge on any atom is 0.410 e. The Morgan fingerprint density at radius 3 is 1.07 bits per heavy atom. The lowest BCUT2D eigenvalue weighted by Crippen LogP contribution is -2.44. The van der Waals surface area contributed by atoms with Crippen LogP contribution in [0.1, 0.15) is 109 Å². The van der Waals surface area contributed by atoms with E-state index in [0.29, 0.717) is 16.5 Å². The van der Waals surface area contributed by atoms with Crippen molar-refractivity contribution >= 4 is 46.7 Å². The Balaban J connectivity index is 0.000000214. The normalized spacial score (nSPS) is 19.5. The minimum atomic E-state index is -0.434. The lowest BCUT2D eigenvalue weighted by atomic mass is 9.79. The third kappa shape index (κ3) is 12.5. The van der Waals surface area contributed by atoms with E-state index in [0.717, 1.165) is 107 Å². The Bertz CT molecular complexity index is 1490. The molecule has 4 aliphatic heterocycles. The Morgan fingerprint density at radius 1 is 0.518 bits per heavy atom. The Hall–Kier alpha value is -4.06. The first-order valence-corrected chi connectivity index (χ1v) is 21.1. The molecular weight excluding hydrogens is 725 g/mol. The molecule has 0 radical (unpaired) electrons. The monoisotopic (exact) mass is 790 g/mol. The molecule has 4 saturated heterocycles. The molecule has 4 heterocycles. The molecule has 56 heavy (non-hydrogen) atoms. The summed E-state index contributed by atoms with van der Waals surface area (Å²) >= 11 is 5.03. The average molecular weight is 791 g/mol. The fourth-order valence-electron chi connectivity index (χ4n) is 8.69. The highest BCUT2D eigenvalue weighted by Gasteiger charge is 2.34. The summed E-state index contributed by atoms with van der Waals surface area (Å²) in [6, 6.07) is 15.8. The second-order valence-corrected chi connectivity index (χ2v) is 18.5. The summed E-state index contributed by atoms with van der Waals surface area (Å²) in [6.07, 6.45) is 8.75. The zero-order chi connectivity index (χ0) is 40.6. The number of hydrogen-bond donors (Lipinski definition) is 2. The predicted molar refractivity (Wildman–Crippen MR) is 228 cm³/mol. The molecule has 308 valence electrons. The Labute approximate surface area is 340 Å². The molecule has 0 unspecified atom stereocenters. The first kappa shape index (κ1) is 43.1. The molecule has 4 N–H and O–H groups in total. The number of benzene rings is 2. The zero-order valence-corrected chi connectivity index (χ0v) is 35.5. The van der Waals surface area contributed by atoms with Crippen LogP contribution in [0.4, 0.5) is 21.0 Å². The Kier molecular flexibility index (Phi) is 14.6. The van der Waals surface area contributed by atoms with E-state index < -0.39 is 11.2 Å². The third-order valence-electron chi connectivity index (χ3n) is 11.8. The van der Waals surface area contributed by atoms with Crippen LogP contribution in [0.3, 0.4) is 0 Å². The van der Waals surface area contributed by atoms with E-state index in [2.05, 4.69) is 21.9 Å². The number of nitrogens with zero attached hydrogens (tertiary/aromatic N) is 4. The van der Waals surface area contributed by atoms with E-state index >= 15 is 0 Å². The van der Waals surface area contributed by atoms with Crippen LogP contribution in [0.5, 0.6) is 0 Å². The molecule has 0 atom stereocenters. The summed E-state index contributed by atoms with van der Waals surface area (Å²) in [5, 5.41) is 0. The van der Waals surface area contributed by atoms with E-state index in [1.165, 1.54) is 31.4 Å². The Morgan fingerprint density at radius 2 is 0.804 bits per heavy atom. The SMILES string of the molecule is CC(C)(C)OC(=O)N1CCC(C2CCN(c3ccc(C(N)=O)cc3)CC2)CC1.CC(C)(C)OC(=O)N1CCC(C2CCN(c3ccc(C(N)=S)cc3)CC2)CC1. The minimum absolute atomic E-state index is 0.166. The van der Waals surface area contributed by atoms with Crippen LogP contribution in [0.15, 0.2) is 48.5 Å². The van der Waals surface area contributed by atoms with Crippen molar-refractivity contribution < 1.29 is 23.9 Å². The third-order valence-corrected chi connectivity index (χ3v) is 12.1. The molecule has 0 spiro atoms. The molecule has 11 nitrogen and oxygen atoms in total. The van der Waals surface area contributed by atoms with E-state index in [1.807, 2.05) is 75.6 Å². The van der Waals surface area contributed by atoms with Crippen LogP contribution in [0, 0.1) is 23.7 Å². The maximum atomic E-state index is 12.2. The van der Waals surface area contributed by atoms with Crippen molar-refractivity contribution in [3.8, 4) is 0 Å². The topological polar surface area (TPSA) is 135 Å². The number of piperidine rings is 4. The smallest absolute Gasteiger partial charge is 0.410 e. The summed E-state index contributed by atoms with van der Waals surface area (Å²) in [7, 11) is 0. The second-order valence-electron chi connectivity index (χ2n) is 18.1. The number of anilines is 2. The molecule has 2 aromatic carbocycles. The zero-order valence-electron chi connectivity index (χ0n) is 34.6. The van der Waals surface area contributed by atoms with Gasteiger partial charge < -0.3 is 40.5 Å². The molecule has 0 aromatic heterocycles. The van der Waals surface area contributed by atoms with Crippen molar-refractivity contribution in [2.24, 2.45) is 35.1 Å². The van der Waals surface area contributed by atoms with Gasteiger partial charge in [0.2, 0.25) is 5.91 Å². The van der Waals surface area contributed by atoms with Crippen LogP contribution in [-0.2, 0) is 9.47 Å². The van der Waals surface area contributed by atoms with Gasteiger partial charge in [0, 0.05) is 74.9 Å². The van der Waals surface area contributed by atoms with Crippen molar-refractivity contribution in [1.29, 1.82) is 0 Å². The van der Waals surface area contributed by atoms with Crippen LogP contribution < -0.4 is 21.3 Å². The molecule has 0 aliphatic carbocycles. The van der Waals surface area contributed by atoms with Gasteiger partial charge in [0.05, 0.1) is 0 Å². The van der Waals surface area contributed by atoms with Gasteiger partial charge in [-0.3, -0.25) is 4.79 Å². The molecule has 2 aromatic rings. The van der Waals surface area contributed by atoms with Gasteiger partial charge >= 0.3 is 12.2 Å². The number of likely N-dealkylation sites (tertiary alicyclic amines) is 2. The van der Waals surface area contributed by atoms with Crippen molar-refractivity contribution in [2.45, 2.75) is 104 Å². The number of hydrogen-bond acceptors (Lipinski definition) is 8. The van der Waals surface area contributed by atoms with E-state index in [1.54, 1.807) is 12.1 Å². The number of primary amides is 1. The quantitative estimate of drug-likeness (QED) is 0.281. The lowest BCUT2D eigenvalue weighted by molar-refractivity contribution is 0.0142. The van der Waals surface area contributed by atoms with Crippen LogP contribution in [0.25, 0.3) is 0 Å². The fourth-order valence-corrected chi connectivity index (χ4v) is 8.83. The van der Waals surface area contributed by atoms with Crippen LogP contribution in [0.2, 0.25) is 0 Å². The number of nitrogens with two attached hydrogens (primary N) is 2. The van der Waals surface area contributed by atoms with Crippen molar-refractivity contribution in [3.05, 3.63) is 59.7 Å². The van der Waals surface area contributed by atoms with Crippen molar-refractivity contribution in [1.82, 2.24) is 9.80 Å². The van der Waals surface area contributed by atoms with Crippen molar-refractivity contribution in [2.75, 3.05) is 62.2 Å². The molecule has 12 heteroatoms. The molecule has 0 saturated carbocycles. The van der Waals surface area contributed by atoms with Crippen LogP contribution >= 0.6 is 12.2 Å². The summed E-state index contributed by atoms with van der Waals surface area (Å²) in [6.45, 7) is 19.0. The van der Waals surface area contributed by atoms with Gasteiger partial charge in [0.1, 0.15) is 16.2 Å². The molecule has 4 fully saturated rings. The highest BCUT2D eigenvalue weighted by Crippen LogP contribution is 2.36. The number of thiocarbonyl (C=S) groups is 1. The highest BCUT2D eigenvalue weighted by atomic mass is 32.1. The second kappa shape index (κ2) is 18.9. The summed E-state index contributed by atoms with van der Waals surface area (Å²) in [5.41, 5.74) is 14.0. The van der Waals surface area contributed by atoms with Gasteiger partial charge in [-0.1, -0.05) is 12.2 Å². The van der Waals surface area contributed by atoms with E-state index in [-0.39, 0.29) is 18.1 Å². The van der Waals surface area contributed by atoms with Gasteiger partial charge in [-0.25, -0.2) is 9.59 Å². The number of carbonyl (C=O) groups is 3. The molecular formula is C44H66N6O5S. The molecule has 0 bridgehead atoms. The first-order valence-electron chi connectivity index (χ1n) is 20.7. The first-order chi connectivity index (χ1) is 26.5. The summed E-state index contributed by atoms with van der Waals surface area (Å²) in [5.74, 6) is 2.51. The van der Waals surface area contributed by atoms with Gasteiger partial charge in [-0.05, 0) is 165 Å². The molecule has 3 amide bonds. The number of amides is 3. The number of ether oxygens (including phenoxy) is 2. The van der Waals surface area contributed by atoms with E-state index in [4.69, 9.17) is 33.2 Å². The average Bonchev–Trinajstić information content (AvgIpc) is 3.17. The van der Waals surface area contributed by atoms with E-state index in [9.17, 15) is 14.4 Å². The van der Waals surface area contributed by atoms with Gasteiger partial charge in [-0.15, -0.1) is 0 Å². The maximum absolute atomic E-state index is 12.2.